The summed E-state index contributed by atoms with van der Waals surface area (Å²) in [5.74, 6) is 0.135. The van der Waals surface area contributed by atoms with Crippen molar-refractivity contribution in [1.82, 2.24) is 9.88 Å². The van der Waals surface area contributed by atoms with Gasteiger partial charge in [-0.25, -0.2) is 0 Å². The molecular weight excluding hydrogens is 476 g/mol. The number of rotatable bonds is 7. The van der Waals surface area contributed by atoms with Crippen molar-refractivity contribution in [3.05, 3.63) is 100.0 Å². The van der Waals surface area contributed by atoms with Crippen molar-refractivity contribution < 1.29 is 9.59 Å². The fourth-order valence-electron chi connectivity index (χ4n) is 5.47. The van der Waals surface area contributed by atoms with Crippen LogP contribution in [0, 0.1) is 5.92 Å². The third kappa shape index (κ3) is 5.57. The number of benzene rings is 2. The first-order valence-electron chi connectivity index (χ1n) is 13.3. The number of carbonyl (C=O) groups excluding carboxylic acids is 2. The van der Waals surface area contributed by atoms with Crippen molar-refractivity contribution in [2.75, 3.05) is 23.3 Å². The van der Waals surface area contributed by atoms with Crippen LogP contribution in [0.1, 0.15) is 54.2 Å². The highest BCUT2D eigenvalue weighted by Crippen LogP contribution is 2.39. The first-order valence-corrected chi connectivity index (χ1v) is 13.3. The van der Waals surface area contributed by atoms with Gasteiger partial charge in [-0.1, -0.05) is 43.3 Å². The first kappa shape index (κ1) is 25.5. The van der Waals surface area contributed by atoms with E-state index in [1.807, 2.05) is 73.0 Å². The summed E-state index contributed by atoms with van der Waals surface area (Å²) in [5, 5.41) is 6.04. The van der Waals surface area contributed by atoms with E-state index in [9.17, 15) is 14.4 Å². The number of piperidine rings is 1. The second kappa shape index (κ2) is 11.1. The molecule has 1 aromatic heterocycles. The van der Waals surface area contributed by atoms with E-state index in [0.717, 1.165) is 42.9 Å². The average Bonchev–Trinajstić information content (AvgIpc) is 2.93. The number of nitrogens with zero attached hydrogens (tertiary/aromatic N) is 2. The number of pyridine rings is 1. The second-order valence-corrected chi connectivity index (χ2v) is 10.4. The zero-order valence-corrected chi connectivity index (χ0v) is 21.9. The standard InChI is InChI=1S/C31H34N4O3/c1-3-21(2)32-31(38)24-13-14-28(26(17-24)33-29(36)15-12-22-8-5-4-6-9-22)34-18-23-16-25(20-34)27-10-7-11-30(37)35(27)19-23/h4-15,17,21,23,25H,3,16,18-20H2,1-2H3,(H,32,38)(H,33,36)/b15-12+/t21-,23-,25+/m1/s1. The summed E-state index contributed by atoms with van der Waals surface area (Å²) in [7, 11) is 0. The van der Waals surface area contributed by atoms with E-state index in [4.69, 9.17) is 0 Å². The molecule has 0 radical (unpaired) electrons. The van der Waals surface area contributed by atoms with E-state index in [1.54, 1.807) is 18.2 Å². The summed E-state index contributed by atoms with van der Waals surface area (Å²) >= 11 is 0. The monoisotopic (exact) mass is 510 g/mol. The number of aromatic nitrogens is 1. The normalized spacial score (nSPS) is 19.1. The van der Waals surface area contributed by atoms with Crippen LogP contribution < -0.4 is 21.1 Å². The van der Waals surface area contributed by atoms with Crippen LogP contribution in [0.4, 0.5) is 11.4 Å². The van der Waals surface area contributed by atoms with Gasteiger partial charge in [-0.2, -0.15) is 0 Å². The van der Waals surface area contributed by atoms with Crippen molar-refractivity contribution in [2.24, 2.45) is 5.92 Å². The SMILES string of the molecule is CC[C@@H](C)NC(=O)c1ccc(N2C[C@H]3C[C@@H](C2)c2cccc(=O)n2C3)c(NC(=O)/C=C/c2ccccc2)c1. The summed E-state index contributed by atoms with van der Waals surface area (Å²) in [6.45, 7) is 6.20. The molecule has 7 heteroatoms. The molecule has 0 spiro atoms. The molecule has 2 N–H and O–H groups in total. The molecule has 3 aromatic rings. The molecule has 2 aromatic carbocycles. The zero-order chi connectivity index (χ0) is 26.6. The third-order valence-electron chi connectivity index (χ3n) is 7.55. The summed E-state index contributed by atoms with van der Waals surface area (Å²) < 4.78 is 1.91. The number of anilines is 2. The van der Waals surface area contributed by atoms with Gasteiger partial charge in [0.2, 0.25) is 5.91 Å². The van der Waals surface area contributed by atoms with Crippen molar-refractivity contribution in [1.29, 1.82) is 0 Å². The molecule has 1 fully saturated rings. The molecule has 2 amide bonds. The zero-order valence-electron chi connectivity index (χ0n) is 21.9. The number of carbonyl (C=O) groups is 2. The molecular formula is C31H34N4O3. The van der Waals surface area contributed by atoms with E-state index in [-0.39, 0.29) is 29.3 Å². The molecule has 2 aliphatic rings. The van der Waals surface area contributed by atoms with Gasteiger partial charge in [0, 0.05) is 55.0 Å². The van der Waals surface area contributed by atoms with Crippen LogP contribution in [-0.4, -0.2) is 35.5 Å². The summed E-state index contributed by atoms with van der Waals surface area (Å²) in [5.41, 5.74) is 4.05. The van der Waals surface area contributed by atoms with Gasteiger partial charge in [-0.05, 0) is 61.6 Å². The summed E-state index contributed by atoms with van der Waals surface area (Å²) in [6.07, 6.45) is 5.16. The Morgan fingerprint density at radius 2 is 1.84 bits per heavy atom. The van der Waals surface area contributed by atoms with Crippen molar-refractivity contribution in [3.8, 4) is 0 Å². The molecule has 1 saturated heterocycles. The lowest BCUT2D eigenvalue weighted by Gasteiger charge is -2.44. The van der Waals surface area contributed by atoms with Crippen molar-refractivity contribution in [2.45, 2.75) is 45.2 Å². The maximum absolute atomic E-state index is 13.0. The Hall–Kier alpha value is -4.13. The van der Waals surface area contributed by atoms with Gasteiger partial charge < -0.3 is 20.1 Å². The van der Waals surface area contributed by atoms with Gasteiger partial charge in [0.25, 0.3) is 11.5 Å². The van der Waals surface area contributed by atoms with Gasteiger partial charge in [0.15, 0.2) is 0 Å². The van der Waals surface area contributed by atoms with Gasteiger partial charge >= 0.3 is 0 Å². The Morgan fingerprint density at radius 1 is 1.03 bits per heavy atom. The smallest absolute Gasteiger partial charge is 0.251 e. The Balaban J connectivity index is 1.44. The molecule has 2 bridgehead atoms. The molecule has 2 aliphatic heterocycles. The topological polar surface area (TPSA) is 83.4 Å². The highest BCUT2D eigenvalue weighted by atomic mass is 16.2. The molecule has 5 rings (SSSR count). The Kier molecular flexibility index (Phi) is 7.45. The van der Waals surface area contributed by atoms with Crippen LogP contribution in [0.3, 0.4) is 0 Å². The predicted octanol–water partition coefficient (Wildman–Crippen LogP) is 4.65. The predicted molar refractivity (Wildman–Crippen MR) is 152 cm³/mol. The lowest BCUT2D eigenvalue weighted by atomic mass is 9.83. The minimum absolute atomic E-state index is 0.0546. The first-order chi connectivity index (χ1) is 18.4. The fourth-order valence-corrected chi connectivity index (χ4v) is 5.47. The highest BCUT2D eigenvalue weighted by molar-refractivity contribution is 6.05. The summed E-state index contributed by atoms with van der Waals surface area (Å²) in [4.78, 5) is 40.6. The Labute approximate surface area is 223 Å². The maximum atomic E-state index is 13.0. The number of hydrogen-bond acceptors (Lipinski definition) is 4. The molecule has 7 nitrogen and oxygen atoms in total. The van der Waals surface area contributed by atoms with Crippen LogP contribution in [0.15, 0.2) is 77.6 Å². The number of amides is 2. The van der Waals surface area contributed by atoms with Crippen molar-refractivity contribution in [3.63, 3.8) is 0 Å². The third-order valence-corrected chi connectivity index (χ3v) is 7.55. The van der Waals surface area contributed by atoms with Crippen LogP contribution >= 0.6 is 0 Å². The average molecular weight is 511 g/mol. The largest absolute Gasteiger partial charge is 0.369 e. The second-order valence-electron chi connectivity index (χ2n) is 10.4. The van der Waals surface area contributed by atoms with Crippen LogP contribution in [0.25, 0.3) is 6.08 Å². The fraction of sp³-hybridized carbons (Fsp3) is 0.323. The van der Waals surface area contributed by atoms with E-state index in [1.165, 1.54) is 6.08 Å². The molecule has 38 heavy (non-hydrogen) atoms. The molecule has 196 valence electrons. The van der Waals surface area contributed by atoms with Crippen LogP contribution in [-0.2, 0) is 11.3 Å². The van der Waals surface area contributed by atoms with Crippen LogP contribution in [0.2, 0.25) is 0 Å². The van der Waals surface area contributed by atoms with Gasteiger partial charge in [0.1, 0.15) is 0 Å². The van der Waals surface area contributed by atoms with Gasteiger partial charge in [-0.15, -0.1) is 0 Å². The van der Waals surface area contributed by atoms with E-state index in [0.29, 0.717) is 23.7 Å². The number of hydrogen-bond donors (Lipinski definition) is 2. The Bertz CT molecular complexity index is 1410. The quantitative estimate of drug-likeness (QED) is 0.453. The van der Waals surface area contributed by atoms with Gasteiger partial charge in [0.05, 0.1) is 11.4 Å². The minimum Gasteiger partial charge on any atom is -0.369 e. The van der Waals surface area contributed by atoms with Crippen molar-refractivity contribution >= 4 is 29.3 Å². The lowest BCUT2D eigenvalue weighted by molar-refractivity contribution is -0.111. The maximum Gasteiger partial charge on any atom is 0.251 e. The molecule has 0 unspecified atom stereocenters. The molecule has 3 heterocycles. The minimum atomic E-state index is -0.260. The summed E-state index contributed by atoms with van der Waals surface area (Å²) in [6, 6.07) is 20.7. The van der Waals surface area contributed by atoms with E-state index in [2.05, 4.69) is 15.5 Å². The number of nitrogens with one attached hydrogen (secondary N) is 2. The van der Waals surface area contributed by atoms with Gasteiger partial charge in [-0.3, -0.25) is 14.4 Å². The molecule has 3 atom stereocenters. The lowest BCUT2D eigenvalue weighted by Crippen LogP contribution is -2.47. The Morgan fingerprint density at radius 3 is 2.63 bits per heavy atom. The highest BCUT2D eigenvalue weighted by Gasteiger charge is 2.35. The number of fused-ring (bicyclic) bond motifs is 4. The molecule has 0 aliphatic carbocycles. The van der Waals surface area contributed by atoms with Crippen LogP contribution in [0.5, 0.6) is 0 Å². The van der Waals surface area contributed by atoms with E-state index < -0.39 is 0 Å². The van der Waals surface area contributed by atoms with E-state index >= 15 is 0 Å². The molecule has 0 saturated carbocycles.